The normalized spacial score (nSPS) is 21.9. The van der Waals surface area contributed by atoms with Crippen molar-refractivity contribution in [1.82, 2.24) is 19.9 Å². The molecule has 0 unspecified atom stereocenters. The number of ether oxygens (including phenoxy) is 2. The van der Waals surface area contributed by atoms with E-state index < -0.39 is 37.0 Å². The fraction of sp³-hybridized carbons (Fsp3) is 0.522. The van der Waals surface area contributed by atoms with Gasteiger partial charge < -0.3 is 9.47 Å². The first-order valence-electron chi connectivity index (χ1n) is 11.9. The van der Waals surface area contributed by atoms with E-state index >= 15 is 0 Å². The van der Waals surface area contributed by atoms with Gasteiger partial charge in [0.15, 0.2) is 5.84 Å². The van der Waals surface area contributed by atoms with Crippen molar-refractivity contribution in [3.05, 3.63) is 42.0 Å². The number of hydrazine groups is 1. The quantitative estimate of drug-likeness (QED) is 0.422. The Labute approximate surface area is 219 Å². The number of rotatable bonds is 9. The van der Waals surface area contributed by atoms with Crippen LogP contribution in [0.25, 0.3) is 0 Å². The lowest BCUT2D eigenvalue weighted by Crippen LogP contribution is -2.46. The third-order valence-electron chi connectivity index (χ3n) is 6.74. The van der Waals surface area contributed by atoms with E-state index in [9.17, 15) is 17.5 Å². The molecule has 1 fully saturated rings. The van der Waals surface area contributed by atoms with E-state index in [0.717, 1.165) is 5.56 Å². The summed E-state index contributed by atoms with van der Waals surface area (Å²) in [6.45, 7) is 5.18. The largest absolute Gasteiger partial charge is 0.494 e. The average molecular weight is 555 g/mol. The molecule has 14 heteroatoms. The minimum atomic E-state index is -3.93. The van der Waals surface area contributed by atoms with Crippen LogP contribution in [0.2, 0.25) is 0 Å². The van der Waals surface area contributed by atoms with Crippen LogP contribution < -0.4 is 19.2 Å². The molecule has 0 spiro atoms. The summed E-state index contributed by atoms with van der Waals surface area (Å²) in [5.41, 5.74) is 1.40. The molecule has 204 valence electrons. The number of hydrogen-bond acceptors (Lipinski definition) is 11. The smallest absolute Gasteiger partial charge is 0.233 e. The molecular formula is C23H34N6O6S2. The van der Waals surface area contributed by atoms with Gasteiger partial charge in [0, 0.05) is 24.1 Å². The number of aromatic nitrogens is 2. The van der Waals surface area contributed by atoms with Gasteiger partial charge in [0.2, 0.25) is 10.0 Å². The van der Waals surface area contributed by atoms with Gasteiger partial charge in [-0.1, -0.05) is 13.0 Å². The molecule has 12 nitrogen and oxygen atoms in total. The van der Waals surface area contributed by atoms with E-state index in [2.05, 4.69) is 19.9 Å². The SMILES string of the molecule is COc1cccc(OC)c1N1CN(NS(=O)(=O)[C@@H](C)[C@H](C)c2ncc(C)cn2)N=C1[C@@H]1CCCS1(O)O. The summed E-state index contributed by atoms with van der Waals surface area (Å²) in [7, 11) is -3.86. The van der Waals surface area contributed by atoms with Gasteiger partial charge in [0.25, 0.3) is 0 Å². The van der Waals surface area contributed by atoms with Crippen molar-refractivity contribution in [3.8, 4) is 11.5 Å². The maximum absolute atomic E-state index is 13.4. The Morgan fingerprint density at radius 3 is 2.30 bits per heavy atom. The summed E-state index contributed by atoms with van der Waals surface area (Å²) in [6.07, 6.45) is 4.44. The molecule has 0 amide bonds. The summed E-state index contributed by atoms with van der Waals surface area (Å²) in [5.74, 6) is 1.50. The van der Waals surface area contributed by atoms with E-state index in [4.69, 9.17) is 9.47 Å². The second-order valence-corrected chi connectivity index (χ2v) is 13.7. The van der Waals surface area contributed by atoms with Crippen molar-refractivity contribution >= 4 is 32.1 Å². The Kier molecular flexibility index (Phi) is 7.85. The predicted octanol–water partition coefficient (Wildman–Crippen LogP) is 3.13. The maximum atomic E-state index is 13.4. The zero-order chi connectivity index (χ0) is 27.0. The zero-order valence-electron chi connectivity index (χ0n) is 21.5. The molecule has 0 bridgehead atoms. The van der Waals surface area contributed by atoms with E-state index in [0.29, 0.717) is 41.7 Å². The maximum Gasteiger partial charge on any atom is 0.233 e. The lowest BCUT2D eigenvalue weighted by atomic mass is 10.1. The Morgan fingerprint density at radius 1 is 1.14 bits per heavy atom. The molecule has 3 heterocycles. The molecule has 1 saturated heterocycles. The van der Waals surface area contributed by atoms with E-state index in [1.165, 1.54) is 19.3 Å². The van der Waals surface area contributed by atoms with Crippen molar-refractivity contribution in [2.24, 2.45) is 5.10 Å². The van der Waals surface area contributed by atoms with Crippen LogP contribution in [-0.2, 0) is 10.0 Å². The average Bonchev–Trinajstić information content (AvgIpc) is 3.43. The predicted molar refractivity (Wildman–Crippen MR) is 144 cm³/mol. The monoisotopic (exact) mass is 554 g/mol. The highest BCUT2D eigenvalue weighted by atomic mass is 32.3. The van der Waals surface area contributed by atoms with Crippen LogP contribution in [0.1, 0.15) is 44.0 Å². The van der Waals surface area contributed by atoms with E-state index in [1.54, 1.807) is 49.3 Å². The molecule has 0 radical (unpaired) electrons. The van der Waals surface area contributed by atoms with Gasteiger partial charge in [-0.25, -0.2) is 18.4 Å². The van der Waals surface area contributed by atoms with Crippen LogP contribution in [0.15, 0.2) is 35.7 Å². The van der Waals surface area contributed by atoms with Crippen LogP contribution in [-0.4, -0.2) is 75.6 Å². The molecule has 4 rings (SSSR count). The molecule has 1 aromatic carbocycles. The molecule has 3 N–H and O–H groups in total. The summed E-state index contributed by atoms with van der Waals surface area (Å²) >= 11 is 0. The fourth-order valence-corrected chi connectivity index (χ4v) is 7.59. The van der Waals surface area contributed by atoms with Crippen molar-refractivity contribution in [1.29, 1.82) is 0 Å². The number of benzene rings is 1. The van der Waals surface area contributed by atoms with Crippen LogP contribution in [0.5, 0.6) is 11.5 Å². The second kappa shape index (κ2) is 10.6. The standard InChI is InChI=1S/C23H34N6O6S2/c1-15-12-24-22(25-13-15)16(2)17(3)37(32,33)27-29-14-28(21-18(34-4)8-6-9-19(21)35-5)23(26-29)20-10-7-11-36(20,30)31/h6,8-9,12-13,16-17,20,27,30-31H,7,10-11,14H2,1-5H3/t16-,17-,20-/m0/s1. The second-order valence-electron chi connectivity index (χ2n) is 9.24. The zero-order valence-corrected chi connectivity index (χ0v) is 23.2. The lowest BCUT2D eigenvalue weighted by Gasteiger charge is -2.36. The van der Waals surface area contributed by atoms with Crippen molar-refractivity contribution in [3.63, 3.8) is 0 Å². The van der Waals surface area contributed by atoms with Crippen LogP contribution in [0.4, 0.5) is 5.69 Å². The van der Waals surface area contributed by atoms with Gasteiger partial charge in [-0.2, -0.15) is 15.7 Å². The van der Waals surface area contributed by atoms with Crippen molar-refractivity contribution < 1.29 is 27.0 Å². The number of nitrogens with one attached hydrogen (secondary N) is 1. The molecule has 2 aliphatic rings. The summed E-state index contributed by atoms with van der Waals surface area (Å²) in [5, 5.41) is 4.19. The van der Waals surface area contributed by atoms with Gasteiger partial charge >= 0.3 is 0 Å². The van der Waals surface area contributed by atoms with Crippen molar-refractivity contribution in [2.45, 2.75) is 50.0 Å². The van der Waals surface area contributed by atoms with E-state index in [1.807, 2.05) is 6.92 Å². The first-order valence-corrected chi connectivity index (χ1v) is 15.2. The minimum Gasteiger partial charge on any atom is -0.494 e. The number of hydrogen-bond donors (Lipinski definition) is 3. The minimum absolute atomic E-state index is 0.0283. The third kappa shape index (κ3) is 5.48. The van der Waals surface area contributed by atoms with Gasteiger partial charge in [-0.05, 0) is 44.4 Å². The highest BCUT2D eigenvalue weighted by Gasteiger charge is 2.44. The summed E-state index contributed by atoms with van der Waals surface area (Å²) in [4.78, 5) is 12.8. The van der Waals surface area contributed by atoms with Gasteiger partial charge in [0.1, 0.15) is 34.9 Å². The number of sulfonamides is 1. The van der Waals surface area contributed by atoms with Gasteiger partial charge in [-0.15, -0.1) is 9.93 Å². The van der Waals surface area contributed by atoms with Gasteiger partial charge in [0.05, 0.1) is 19.5 Å². The number of aryl methyl sites for hydroxylation is 1. The summed E-state index contributed by atoms with van der Waals surface area (Å²) in [6, 6.07) is 5.27. The van der Waals surface area contributed by atoms with Gasteiger partial charge in [-0.3, -0.25) is 14.0 Å². The van der Waals surface area contributed by atoms with Crippen LogP contribution in [0.3, 0.4) is 0 Å². The first-order chi connectivity index (χ1) is 17.5. The molecule has 1 aromatic heterocycles. The number of methoxy groups -OCH3 is 2. The Balaban J connectivity index is 1.66. The highest BCUT2D eigenvalue weighted by Crippen LogP contribution is 2.54. The van der Waals surface area contributed by atoms with E-state index in [-0.39, 0.29) is 12.4 Å². The molecule has 3 atom stereocenters. The molecule has 0 aliphatic carbocycles. The first kappa shape index (κ1) is 27.4. The fourth-order valence-electron chi connectivity index (χ4n) is 4.44. The van der Waals surface area contributed by atoms with Crippen LogP contribution >= 0.6 is 10.6 Å². The molecule has 2 aromatic rings. The number of anilines is 1. The molecule has 37 heavy (non-hydrogen) atoms. The van der Waals surface area contributed by atoms with Crippen LogP contribution in [0, 0.1) is 6.92 Å². The number of nitrogens with zero attached hydrogens (tertiary/aromatic N) is 5. The number of amidine groups is 1. The summed E-state index contributed by atoms with van der Waals surface area (Å²) < 4.78 is 59.4. The lowest BCUT2D eigenvalue weighted by molar-refractivity contribution is 0.277. The Morgan fingerprint density at radius 2 is 1.76 bits per heavy atom. The molecule has 0 saturated carbocycles. The van der Waals surface area contributed by atoms with Crippen molar-refractivity contribution in [2.75, 3.05) is 31.5 Å². The Bertz CT molecular complexity index is 1230. The topological polar surface area (TPSA) is 150 Å². The number of para-hydroxylation sites is 1. The number of hydrazone groups is 1. The third-order valence-corrected chi connectivity index (χ3v) is 10.8. The Hall–Kier alpha value is -2.65. The molecule has 2 aliphatic heterocycles. The highest BCUT2D eigenvalue weighted by molar-refractivity contribution is 8.25. The molecular weight excluding hydrogens is 520 g/mol.